The van der Waals surface area contributed by atoms with E-state index in [0.717, 1.165) is 19.8 Å². The highest BCUT2D eigenvalue weighted by molar-refractivity contribution is 7.98. The predicted molar refractivity (Wildman–Crippen MR) is 76.4 cm³/mol. The lowest BCUT2D eigenvalue weighted by molar-refractivity contribution is -0.0827. The van der Waals surface area contributed by atoms with Crippen LogP contribution < -0.4 is 5.32 Å². The fourth-order valence-electron chi connectivity index (χ4n) is 3.14. The summed E-state index contributed by atoms with van der Waals surface area (Å²) in [6.45, 7) is 2.92. The van der Waals surface area contributed by atoms with Gasteiger partial charge in [-0.2, -0.15) is 0 Å². The van der Waals surface area contributed by atoms with Gasteiger partial charge in [0, 0.05) is 10.9 Å². The Bertz CT molecular complexity index is 393. The Morgan fingerprint density at radius 2 is 2.00 bits per heavy atom. The third-order valence-electron chi connectivity index (χ3n) is 4.36. The average molecular weight is 263 g/mol. The number of nitrogens with one attached hydrogen (secondary N) is 1. The van der Waals surface area contributed by atoms with E-state index in [4.69, 9.17) is 4.74 Å². The van der Waals surface area contributed by atoms with Crippen LogP contribution >= 0.6 is 11.8 Å². The SMILES string of the molecule is CSc1ccc(C2(C3CCCCN3)COC2)cc1. The van der Waals surface area contributed by atoms with Gasteiger partial charge in [0.05, 0.1) is 18.6 Å². The molecule has 3 rings (SSSR count). The van der Waals surface area contributed by atoms with E-state index >= 15 is 0 Å². The zero-order chi connectivity index (χ0) is 12.4. The molecule has 2 saturated heterocycles. The van der Waals surface area contributed by atoms with E-state index in [1.807, 2.05) is 0 Å². The number of hydrogen-bond acceptors (Lipinski definition) is 3. The van der Waals surface area contributed by atoms with Crippen LogP contribution in [-0.4, -0.2) is 32.1 Å². The Hall–Kier alpha value is -0.510. The van der Waals surface area contributed by atoms with Gasteiger partial charge in [-0.1, -0.05) is 18.6 Å². The van der Waals surface area contributed by atoms with E-state index in [1.165, 1.54) is 29.7 Å². The molecule has 1 atom stereocenters. The minimum absolute atomic E-state index is 0.233. The first-order valence-corrected chi connectivity index (χ1v) is 8.03. The van der Waals surface area contributed by atoms with E-state index in [1.54, 1.807) is 11.8 Å². The second kappa shape index (κ2) is 5.24. The fourth-order valence-corrected chi connectivity index (χ4v) is 3.55. The van der Waals surface area contributed by atoms with Crippen molar-refractivity contribution in [1.29, 1.82) is 0 Å². The molecule has 1 aromatic rings. The van der Waals surface area contributed by atoms with E-state index in [0.29, 0.717) is 6.04 Å². The summed E-state index contributed by atoms with van der Waals surface area (Å²) in [5.41, 5.74) is 1.68. The van der Waals surface area contributed by atoms with Gasteiger partial charge in [-0.25, -0.2) is 0 Å². The molecule has 0 saturated carbocycles. The van der Waals surface area contributed by atoms with Crippen LogP contribution in [0.15, 0.2) is 29.2 Å². The van der Waals surface area contributed by atoms with Crippen molar-refractivity contribution in [2.45, 2.75) is 35.6 Å². The third kappa shape index (κ3) is 2.09. The van der Waals surface area contributed by atoms with Crippen LogP contribution in [0.25, 0.3) is 0 Å². The molecule has 2 nitrogen and oxygen atoms in total. The van der Waals surface area contributed by atoms with Gasteiger partial charge in [0.15, 0.2) is 0 Å². The summed E-state index contributed by atoms with van der Waals surface area (Å²) in [5.74, 6) is 0. The van der Waals surface area contributed by atoms with Gasteiger partial charge >= 0.3 is 0 Å². The van der Waals surface area contributed by atoms with Crippen molar-refractivity contribution < 1.29 is 4.74 Å². The van der Waals surface area contributed by atoms with Crippen molar-refractivity contribution >= 4 is 11.8 Å². The van der Waals surface area contributed by atoms with Crippen molar-refractivity contribution in [3.8, 4) is 0 Å². The van der Waals surface area contributed by atoms with Crippen LogP contribution in [0.5, 0.6) is 0 Å². The summed E-state index contributed by atoms with van der Waals surface area (Å²) in [5, 5.41) is 3.70. The molecular formula is C15H21NOS. The molecule has 3 heteroatoms. The van der Waals surface area contributed by atoms with E-state index < -0.39 is 0 Å². The predicted octanol–water partition coefficient (Wildman–Crippen LogP) is 2.82. The van der Waals surface area contributed by atoms with Gasteiger partial charge in [0.2, 0.25) is 0 Å². The number of hydrogen-bond donors (Lipinski definition) is 1. The Morgan fingerprint density at radius 1 is 1.22 bits per heavy atom. The maximum absolute atomic E-state index is 5.56. The van der Waals surface area contributed by atoms with Crippen LogP contribution in [-0.2, 0) is 10.2 Å². The van der Waals surface area contributed by atoms with Gasteiger partial charge in [-0.05, 0) is 43.3 Å². The number of piperidine rings is 1. The van der Waals surface area contributed by atoms with Crippen molar-refractivity contribution in [3.05, 3.63) is 29.8 Å². The highest BCUT2D eigenvalue weighted by atomic mass is 32.2. The summed E-state index contributed by atoms with van der Waals surface area (Å²) in [6, 6.07) is 9.67. The van der Waals surface area contributed by atoms with Crippen LogP contribution in [0.3, 0.4) is 0 Å². The van der Waals surface area contributed by atoms with Gasteiger partial charge in [-0.15, -0.1) is 11.8 Å². The van der Waals surface area contributed by atoms with Gasteiger partial charge in [0.25, 0.3) is 0 Å². The van der Waals surface area contributed by atoms with Crippen LogP contribution in [0.1, 0.15) is 24.8 Å². The molecule has 1 aromatic carbocycles. The summed E-state index contributed by atoms with van der Waals surface area (Å²) in [4.78, 5) is 1.34. The molecule has 0 amide bonds. The molecule has 1 N–H and O–H groups in total. The maximum Gasteiger partial charge on any atom is 0.0600 e. The van der Waals surface area contributed by atoms with E-state index in [2.05, 4.69) is 35.8 Å². The largest absolute Gasteiger partial charge is 0.379 e. The maximum atomic E-state index is 5.56. The first kappa shape index (κ1) is 12.5. The summed E-state index contributed by atoms with van der Waals surface area (Å²) in [6.07, 6.45) is 6.08. The summed E-state index contributed by atoms with van der Waals surface area (Å²) >= 11 is 1.80. The van der Waals surface area contributed by atoms with E-state index in [-0.39, 0.29) is 5.41 Å². The van der Waals surface area contributed by atoms with Gasteiger partial charge < -0.3 is 10.1 Å². The van der Waals surface area contributed by atoms with Crippen LogP contribution in [0.2, 0.25) is 0 Å². The fraction of sp³-hybridized carbons (Fsp3) is 0.600. The second-order valence-electron chi connectivity index (χ2n) is 5.38. The molecule has 0 spiro atoms. The van der Waals surface area contributed by atoms with Gasteiger partial charge in [-0.3, -0.25) is 0 Å². The quantitative estimate of drug-likeness (QED) is 0.847. The van der Waals surface area contributed by atoms with E-state index in [9.17, 15) is 0 Å². The zero-order valence-electron chi connectivity index (χ0n) is 10.9. The minimum atomic E-state index is 0.233. The molecular weight excluding hydrogens is 242 g/mol. The Labute approximate surface area is 113 Å². The minimum Gasteiger partial charge on any atom is -0.379 e. The van der Waals surface area contributed by atoms with Crippen molar-refractivity contribution in [1.82, 2.24) is 5.32 Å². The number of ether oxygens (including phenoxy) is 1. The zero-order valence-corrected chi connectivity index (χ0v) is 11.8. The molecule has 1 unspecified atom stereocenters. The Kier molecular flexibility index (Phi) is 3.64. The first-order chi connectivity index (χ1) is 8.85. The average Bonchev–Trinajstić information content (AvgIpc) is 2.40. The first-order valence-electron chi connectivity index (χ1n) is 6.81. The molecule has 0 aliphatic carbocycles. The Balaban J connectivity index is 1.85. The number of rotatable bonds is 3. The van der Waals surface area contributed by atoms with Crippen molar-refractivity contribution in [2.24, 2.45) is 0 Å². The molecule has 0 aromatic heterocycles. The Morgan fingerprint density at radius 3 is 2.50 bits per heavy atom. The molecule has 98 valence electrons. The molecule has 0 bridgehead atoms. The van der Waals surface area contributed by atoms with Crippen LogP contribution in [0, 0.1) is 0 Å². The molecule has 18 heavy (non-hydrogen) atoms. The van der Waals surface area contributed by atoms with Gasteiger partial charge in [0.1, 0.15) is 0 Å². The molecule has 2 aliphatic rings. The van der Waals surface area contributed by atoms with Crippen molar-refractivity contribution in [3.63, 3.8) is 0 Å². The monoisotopic (exact) mass is 263 g/mol. The molecule has 2 aliphatic heterocycles. The molecule has 2 heterocycles. The highest BCUT2D eigenvalue weighted by Crippen LogP contribution is 2.39. The third-order valence-corrected chi connectivity index (χ3v) is 5.11. The normalized spacial score (nSPS) is 26.6. The second-order valence-corrected chi connectivity index (χ2v) is 6.26. The smallest absolute Gasteiger partial charge is 0.0600 e. The molecule has 0 radical (unpaired) electrons. The van der Waals surface area contributed by atoms with Crippen molar-refractivity contribution in [2.75, 3.05) is 26.0 Å². The number of benzene rings is 1. The topological polar surface area (TPSA) is 21.3 Å². The number of thioether (sulfide) groups is 1. The lowest BCUT2D eigenvalue weighted by Crippen LogP contribution is -2.61. The summed E-state index contributed by atoms with van der Waals surface area (Å²) in [7, 11) is 0. The standard InChI is InChI=1S/C15H21NOS/c1-18-13-7-5-12(6-8-13)15(10-17-11-15)14-4-2-3-9-16-14/h5-8,14,16H,2-4,9-11H2,1H3. The lowest BCUT2D eigenvalue weighted by atomic mass is 9.70. The summed E-state index contributed by atoms with van der Waals surface area (Å²) < 4.78 is 5.56. The molecule has 2 fully saturated rings. The van der Waals surface area contributed by atoms with Crippen LogP contribution in [0.4, 0.5) is 0 Å². The lowest BCUT2D eigenvalue weighted by Gasteiger charge is -2.49. The highest BCUT2D eigenvalue weighted by Gasteiger charge is 2.47.